The zero-order valence-corrected chi connectivity index (χ0v) is 15.2. The van der Waals surface area contributed by atoms with E-state index in [1.54, 1.807) is 18.2 Å². The zero-order chi connectivity index (χ0) is 20.1. The molecular formula is C20H18F3N3O2. The molecule has 1 unspecified atom stereocenters. The van der Waals surface area contributed by atoms with Gasteiger partial charge < -0.3 is 9.63 Å². The number of aliphatic hydroxyl groups excluding tert-OH is 1. The van der Waals surface area contributed by atoms with Crippen LogP contribution in [0.1, 0.15) is 47.3 Å². The van der Waals surface area contributed by atoms with Gasteiger partial charge in [-0.25, -0.2) is 0 Å². The predicted molar refractivity (Wildman–Crippen MR) is 94.8 cm³/mol. The van der Waals surface area contributed by atoms with E-state index in [4.69, 9.17) is 0 Å². The molecule has 8 heteroatoms. The van der Waals surface area contributed by atoms with E-state index in [-0.39, 0.29) is 11.9 Å². The minimum Gasteiger partial charge on any atom is -0.374 e. The van der Waals surface area contributed by atoms with E-state index in [0.717, 1.165) is 16.7 Å². The van der Waals surface area contributed by atoms with Crippen LogP contribution in [-0.2, 0) is 12.7 Å². The summed E-state index contributed by atoms with van der Waals surface area (Å²) in [6.07, 6.45) is -5.57. The van der Waals surface area contributed by atoms with Gasteiger partial charge in [0.25, 0.3) is 0 Å². The molecule has 0 spiro atoms. The normalized spacial score (nSPS) is 18.3. The monoisotopic (exact) mass is 389 g/mol. The minimum atomic E-state index is -4.69. The van der Waals surface area contributed by atoms with E-state index in [9.17, 15) is 18.3 Å². The molecule has 0 aliphatic carbocycles. The molecule has 0 saturated heterocycles. The Balaban J connectivity index is 1.60. The first-order valence-electron chi connectivity index (χ1n) is 8.78. The molecule has 4 rings (SSSR count). The number of fused-ring (bicyclic) bond motifs is 1. The number of hydrogen-bond acceptors (Lipinski definition) is 5. The fraction of sp³-hybridized carbons (Fsp3) is 0.300. The van der Waals surface area contributed by atoms with Gasteiger partial charge in [-0.15, -0.1) is 0 Å². The lowest BCUT2D eigenvalue weighted by Crippen LogP contribution is -2.25. The Hall–Kier alpha value is -2.71. The summed E-state index contributed by atoms with van der Waals surface area (Å²) in [6, 6.07) is 13.1. The molecule has 1 aliphatic rings. The van der Waals surface area contributed by atoms with E-state index in [1.165, 1.54) is 0 Å². The van der Waals surface area contributed by atoms with Crippen LogP contribution >= 0.6 is 0 Å². The average Bonchev–Trinajstić information content (AvgIpc) is 3.27. The molecule has 0 saturated carbocycles. The molecule has 1 aliphatic heterocycles. The maximum atomic E-state index is 12.7. The molecular weight excluding hydrogens is 371 g/mol. The summed E-state index contributed by atoms with van der Waals surface area (Å²) in [5.41, 5.74) is 4.14. The van der Waals surface area contributed by atoms with Crippen molar-refractivity contribution in [3.8, 4) is 11.4 Å². The largest absolute Gasteiger partial charge is 0.471 e. The van der Waals surface area contributed by atoms with Crippen molar-refractivity contribution in [2.24, 2.45) is 0 Å². The van der Waals surface area contributed by atoms with Crippen molar-refractivity contribution in [1.29, 1.82) is 0 Å². The number of aliphatic hydroxyl groups is 1. The number of nitrogens with zero attached hydrogens (tertiary/aromatic N) is 3. The first-order valence-corrected chi connectivity index (χ1v) is 8.78. The van der Waals surface area contributed by atoms with Crippen molar-refractivity contribution in [2.45, 2.75) is 38.8 Å². The van der Waals surface area contributed by atoms with Crippen molar-refractivity contribution in [3.05, 3.63) is 70.6 Å². The molecule has 1 N–H and O–H groups in total. The van der Waals surface area contributed by atoms with Crippen LogP contribution < -0.4 is 0 Å². The second kappa shape index (κ2) is 6.72. The van der Waals surface area contributed by atoms with Crippen LogP contribution in [0.4, 0.5) is 13.2 Å². The molecule has 1 aromatic heterocycles. The Morgan fingerprint density at radius 2 is 1.89 bits per heavy atom. The molecule has 146 valence electrons. The first-order chi connectivity index (χ1) is 13.2. The molecule has 0 fully saturated rings. The van der Waals surface area contributed by atoms with E-state index in [0.29, 0.717) is 17.7 Å². The second-order valence-corrected chi connectivity index (χ2v) is 6.97. The Morgan fingerprint density at radius 1 is 1.18 bits per heavy atom. The van der Waals surface area contributed by atoms with Crippen LogP contribution in [0.3, 0.4) is 0 Å². The third-order valence-corrected chi connectivity index (χ3v) is 5.08. The smallest absolute Gasteiger partial charge is 0.374 e. The number of rotatable bonds is 3. The Bertz CT molecular complexity index is 999. The highest BCUT2D eigenvalue weighted by Gasteiger charge is 2.39. The Morgan fingerprint density at radius 3 is 2.54 bits per heavy atom. The maximum Gasteiger partial charge on any atom is 0.471 e. The van der Waals surface area contributed by atoms with Crippen LogP contribution in [0.5, 0.6) is 0 Å². The Kier molecular flexibility index (Phi) is 4.47. The topological polar surface area (TPSA) is 62.4 Å². The zero-order valence-electron chi connectivity index (χ0n) is 15.2. The lowest BCUT2D eigenvalue weighted by molar-refractivity contribution is -0.159. The van der Waals surface area contributed by atoms with Gasteiger partial charge >= 0.3 is 12.1 Å². The highest BCUT2D eigenvalue weighted by Crippen LogP contribution is 2.40. The van der Waals surface area contributed by atoms with Gasteiger partial charge in [0.15, 0.2) is 0 Å². The van der Waals surface area contributed by atoms with Crippen LogP contribution in [-0.4, -0.2) is 20.1 Å². The number of aryl methyl sites for hydroxylation is 1. The van der Waals surface area contributed by atoms with E-state index in [1.807, 2.05) is 43.0 Å². The quantitative estimate of drug-likeness (QED) is 0.708. The molecule has 0 bridgehead atoms. The SMILES string of the molecule is Cc1ccc([C@H](C)N2Cc3ccc(-c4noc(C(F)(F)F)n4)cc3C2O)cc1. The minimum absolute atomic E-state index is 0.0338. The lowest BCUT2D eigenvalue weighted by atomic mass is 10.0. The molecule has 5 nitrogen and oxygen atoms in total. The van der Waals surface area contributed by atoms with Crippen LogP contribution in [0.15, 0.2) is 47.0 Å². The predicted octanol–water partition coefficient (Wildman–Crippen LogP) is 4.63. The third-order valence-electron chi connectivity index (χ3n) is 5.08. The highest BCUT2D eigenvalue weighted by molar-refractivity contribution is 5.58. The number of alkyl halides is 3. The molecule has 2 heterocycles. The summed E-state index contributed by atoms with van der Waals surface area (Å²) < 4.78 is 42.3. The van der Waals surface area contributed by atoms with Crippen LogP contribution in [0.2, 0.25) is 0 Å². The number of halogens is 3. The second-order valence-electron chi connectivity index (χ2n) is 6.97. The first kappa shape index (κ1) is 18.6. The van der Waals surface area contributed by atoms with Crippen LogP contribution in [0, 0.1) is 6.92 Å². The van der Waals surface area contributed by atoms with Gasteiger partial charge in [-0.3, -0.25) is 4.90 Å². The third kappa shape index (κ3) is 3.29. The fourth-order valence-corrected chi connectivity index (χ4v) is 3.42. The van der Waals surface area contributed by atoms with Crippen molar-refractivity contribution in [3.63, 3.8) is 0 Å². The molecule has 0 amide bonds. The van der Waals surface area contributed by atoms with Gasteiger partial charge in [0.1, 0.15) is 6.23 Å². The Labute approximate surface area is 159 Å². The standard InChI is InChI=1S/C20H18F3N3O2/c1-11-3-5-13(6-4-11)12(2)26-10-15-8-7-14(9-16(15)18(26)27)17-24-19(28-25-17)20(21,22)23/h3-9,12,18,27H,10H2,1-2H3/t12-,18?/m0/s1. The lowest BCUT2D eigenvalue weighted by Gasteiger charge is -2.28. The molecule has 2 atom stereocenters. The molecule has 2 aromatic carbocycles. The number of hydrogen-bond donors (Lipinski definition) is 1. The molecule has 0 radical (unpaired) electrons. The van der Waals surface area contributed by atoms with Gasteiger partial charge in [-0.05, 0) is 31.0 Å². The van der Waals surface area contributed by atoms with Crippen molar-refractivity contribution < 1.29 is 22.8 Å². The van der Waals surface area contributed by atoms with Gasteiger partial charge in [0.05, 0.1) is 0 Å². The average molecular weight is 389 g/mol. The van der Waals surface area contributed by atoms with E-state index in [2.05, 4.69) is 14.7 Å². The summed E-state index contributed by atoms with van der Waals surface area (Å²) in [5, 5.41) is 14.2. The van der Waals surface area contributed by atoms with Crippen molar-refractivity contribution >= 4 is 0 Å². The van der Waals surface area contributed by atoms with Crippen molar-refractivity contribution in [1.82, 2.24) is 15.0 Å². The summed E-state index contributed by atoms with van der Waals surface area (Å²) >= 11 is 0. The summed E-state index contributed by atoms with van der Waals surface area (Å²) in [6.45, 7) is 4.56. The highest BCUT2D eigenvalue weighted by atomic mass is 19.4. The molecule has 28 heavy (non-hydrogen) atoms. The summed E-state index contributed by atoms with van der Waals surface area (Å²) in [5.74, 6) is -1.55. The van der Waals surface area contributed by atoms with Gasteiger partial charge in [-0.2, -0.15) is 18.2 Å². The fourth-order valence-electron chi connectivity index (χ4n) is 3.42. The van der Waals surface area contributed by atoms with Crippen molar-refractivity contribution in [2.75, 3.05) is 0 Å². The summed E-state index contributed by atoms with van der Waals surface area (Å²) in [7, 11) is 0. The maximum absolute atomic E-state index is 12.7. The molecule has 3 aromatic rings. The number of benzene rings is 2. The van der Waals surface area contributed by atoms with Gasteiger partial charge in [0.2, 0.25) is 5.82 Å². The number of aromatic nitrogens is 2. The van der Waals surface area contributed by atoms with E-state index < -0.39 is 18.3 Å². The summed E-state index contributed by atoms with van der Waals surface area (Å²) in [4.78, 5) is 5.34. The van der Waals surface area contributed by atoms with Crippen LogP contribution in [0.25, 0.3) is 11.4 Å². The van der Waals surface area contributed by atoms with Gasteiger partial charge in [-0.1, -0.05) is 47.1 Å². The van der Waals surface area contributed by atoms with Gasteiger partial charge in [0, 0.05) is 23.7 Å². The van der Waals surface area contributed by atoms with E-state index >= 15 is 0 Å².